The third kappa shape index (κ3) is 4.66. The van der Waals surface area contributed by atoms with Crippen molar-refractivity contribution < 1.29 is 23.8 Å². The highest BCUT2D eigenvalue weighted by atomic mass is 16.5. The number of ether oxygens (including phenoxy) is 3. The van der Waals surface area contributed by atoms with Crippen LogP contribution in [0.2, 0.25) is 0 Å². The average Bonchev–Trinajstić information content (AvgIpc) is 3.43. The number of aryl methyl sites for hydroxylation is 1. The van der Waals surface area contributed by atoms with E-state index in [4.69, 9.17) is 14.2 Å². The molecule has 3 rings (SSSR count). The first-order chi connectivity index (χ1) is 15.4. The van der Waals surface area contributed by atoms with Crippen LogP contribution in [-0.2, 0) is 13.3 Å². The third-order valence-electron chi connectivity index (χ3n) is 4.59. The monoisotopic (exact) mass is 442 g/mol. The first-order valence-corrected chi connectivity index (χ1v) is 9.85. The molecule has 0 aliphatic heterocycles. The van der Waals surface area contributed by atoms with E-state index >= 15 is 0 Å². The van der Waals surface area contributed by atoms with Gasteiger partial charge in [0.1, 0.15) is 5.69 Å². The van der Waals surface area contributed by atoms with Crippen molar-refractivity contribution in [2.24, 2.45) is 0 Å². The van der Waals surface area contributed by atoms with E-state index in [9.17, 15) is 9.59 Å². The molecule has 2 amide bonds. The van der Waals surface area contributed by atoms with Crippen LogP contribution in [0.15, 0.2) is 36.7 Å². The Morgan fingerprint density at radius 1 is 1.12 bits per heavy atom. The quantitative estimate of drug-likeness (QED) is 0.540. The highest BCUT2D eigenvalue weighted by Gasteiger charge is 2.22. The maximum Gasteiger partial charge on any atom is 0.276 e. The molecule has 0 saturated heterocycles. The number of hydrogen-bond donors (Lipinski definition) is 1. The van der Waals surface area contributed by atoms with Gasteiger partial charge in [-0.15, -0.1) is 0 Å². The van der Waals surface area contributed by atoms with Crippen LogP contribution in [0.25, 0.3) is 0 Å². The first-order valence-electron chi connectivity index (χ1n) is 9.85. The molecule has 11 nitrogen and oxygen atoms in total. The SMILES string of the molecule is CCn1ncc(NC(=O)c2ccn(COc3c(OC)cccc3OC)n2)c1C(=O)N(C)C. The van der Waals surface area contributed by atoms with Gasteiger partial charge in [-0.25, -0.2) is 4.68 Å². The standard InChI is InChI=1S/C21H26N6O5/c1-6-27-18(21(29)25(2)3)15(12-22-27)23-20(28)14-10-11-26(24-14)13-32-19-16(30-4)8-7-9-17(19)31-5/h7-12H,6,13H2,1-5H3,(H,23,28). The van der Waals surface area contributed by atoms with Crippen LogP contribution in [0.3, 0.4) is 0 Å². The summed E-state index contributed by atoms with van der Waals surface area (Å²) in [5, 5.41) is 11.1. The summed E-state index contributed by atoms with van der Waals surface area (Å²) in [6.07, 6.45) is 3.06. The van der Waals surface area contributed by atoms with Gasteiger partial charge in [-0.05, 0) is 25.1 Å². The van der Waals surface area contributed by atoms with Gasteiger partial charge in [0.25, 0.3) is 11.8 Å². The zero-order chi connectivity index (χ0) is 23.3. The Morgan fingerprint density at radius 2 is 1.81 bits per heavy atom. The van der Waals surface area contributed by atoms with E-state index in [-0.39, 0.29) is 18.3 Å². The van der Waals surface area contributed by atoms with Crippen molar-refractivity contribution in [3.8, 4) is 17.2 Å². The normalized spacial score (nSPS) is 10.5. The van der Waals surface area contributed by atoms with Gasteiger partial charge in [0.2, 0.25) is 5.75 Å². The molecule has 0 aliphatic rings. The number of carbonyl (C=O) groups excluding carboxylic acids is 2. The van der Waals surface area contributed by atoms with Gasteiger partial charge in [-0.1, -0.05) is 6.07 Å². The van der Waals surface area contributed by atoms with E-state index < -0.39 is 5.91 Å². The lowest BCUT2D eigenvalue weighted by Crippen LogP contribution is -2.26. The molecule has 0 bridgehead atoms. The summed E-state index contributed by atoms with van der Waals surface area (Å²) < 4.78 is 19.4. The fourth-order valence-corrected chi connectivity index (χ4v) is 2.99. The average molecular weight is 442 g/mol. The van der Waals surface area contributed by atoms with Gasteiger partial charge >= 0.3 is 0 Å². The number of hydrogen-bond acceptors (Lipinski definition) is 7. The second-order valence-corrected chi connectivity index (χ2v) is 6.88. The molecular formula is C21H26N6O5. The smallest absolute Gasteiger partial charge is 0.276 e. The first kappa shape index (κ1) is 22.7. The van der Waals surface area contributed by atoms with Crippen LogP contribution in [0.4, 0.5) is 5.69 Å². The van der Waals surface area contributed by atoms with E-state index in [0.717, 1.165) is 0 Å². The lowest BCUT2D eigenvalue weighted by molar-refractivity contribution is 0.0816. The summed E-state index contributed by atoms with van der Waals surface area (Å²) in [4.78, 5) is 26.7. The van der Waals surface area contributed by atoms with Gasteiger partial charge in [0.05, 0.1) is 26.1 Å². The molecule has 0 saturated carbocycles. The number of nitrogens with one attached hydrogen (secondary N) is 1. The van der Waals surface area contributed by atoms with E-state index in [0.29, 0.717) is 35.2 Å². The maximum absolute atomic E-state index is 12.7. The maximum atomic E-state index is 12.7. The van der Waals surface area contributed by atoms with Crippen LogP contribution in [0, 0.1) is 0 Å². The molecule has 1 aromatic carbocycles. The zero-order valence-electron chi connectivity index (χ0n) is 18.7. The van der Waals surface area contributed by atoms with Crippen molar-refractivity contribution >= 4 is 17.5 Å². The van der Waals surface area contributed by atoms with Crippen molar-refractivity contribution in [3.05, 3.63) is 48.0 Å². The number of carbonyl (C=O) groups is 2. The number of amides is 2. The zero-order valence-corrected chi connectivity index (χ0v) is 18.7. The molecule has 1 N–H and O–H groups in total. The Labute approximate surface area is 185 Å². The summed E-state index contributed by atoms with van der Waals surface area (Å²) >= 11 is 0. The minimum absolute atomic E-state index is 0.0299. The molecule has 32 heavy (non-hydrogen) atoms. The topological polar surface area (TPSA) is 113 Å². The Kier molecular flexibility index (Phi) is 6.98. The molecule has 0 fully saturated rings. The highest BCUT2D eigenvalue weighted by Crippen LogP contribution is 2.36. The summed E-state index contributed by atoms with van der Waals surface area (Å²) in [5.41, 5.74) is 0.782. The Hall–Kier alpha value is -4.02. The van der Waals surface area contributed by atoms with Gasteiger partial charge in [-0.3, -0.25) is 14.3 Å². The van der Waals surface area contributed by atoms with Gasteiger partial charge in [-0.2, -0.15) is 10.2 Å². The minimum Gasteiger partial charge on any atom is -0.493 e. The van der Waals surface area contributed by atoms with E-state index in [1.54, 1.807) is 44.6 Å². The second kappa shape index (κ2) is 9.86. The molecule has 0 aliphatic carbocycles. The number of methoxy groups -OCH3 is 2. The molecule has 2 aromatic heterocycles. The largest absolute Gasteiger partial charge is 0.493 e. The number of anilines is 1. The number of benzene rings is 1. The molecule has 0 unspecified atom stereocenters. The lowest BCUT2D eigenvalue weighted by atomic mass is 10.3. The second-order valence-electron chi connectivity index (χ2n) is 6.88. The Morgan fingerprint density at radius 3 is 2.41 bits per heavy atom. The van der Waals surface area contributed by atoms with Crippen molar-refractivity contribution in [2.45, 2.75) is 20.2 Å². The molecule has 170 valence electrons. The predicted molar refractivity (Wildman–Crippen MR) is 116 cm³/mol. The summed E-state index contributed by atoms with van der Waals surface area (Å²) in [5.74, 6) is 0.727. The van der Waals surface area contributed by atoms with E-state index in [1.165, 1.54) is 34.7 Å². The van der Waals surface area contributed by atoms with Crippen molar-refractivity contribution in [1.29, 1.82) is 0 Å². The molecule has 0 radical (unpaired) electrons. The molecule has 3 aromatic rings. The van der Waals surface area contributed by atoms with Crippen LogP contribution in [0.5, 0.6) is 17.2 Å². The minimum atomic E-state index is -0.470. The number of aromatic nitrogens is 4. The molecule has 0 spiro atoms. The van der Waals surface area contributed by atoms with E-state index in [2.05, 4.69) is 15.5 Å². The summed E-state index contributed by atoms with van der Waals surface area (Å²) in [6.45, 7) is 2.38. The van der Waals surface area contributed by atoms with E-state index in [1.807, 2.05) is 6.92 Å². The summed E-state index contributed by atoms with van der Waals surface area (Å²) in [6, 6.07) is 6.85. The Bertz CT molecular complexity index is 1080. The van der Waals surface area contributed by atoms with Crippen molar-refractivity contribution in [3.63, 3.8) is 0 Å². The Balaban J connectivity index is 1.73. The van der Waals surface area contributed by atoms with Crippen molar-refractivity contribution in [1.82, 2.24) is 24.5 Å². The third-order valence-corrected chi connectivity index (χ3v) is 4.59. The molecular weight excluding hydrogens is 416 g/mol. The number of rotatable bonds is 9. The van der Waals surface area contributed by atoms with Crippen LogP contribution >= 0.6 is 0 Å². The van der Waals surface area contributed by atoms with Crippen molar-refractivity contribution in [2.75, 3.05) is 33.6 Å². The summed E-state index contributed by atoms with van der Waals surface area (Å²) in [7, 11) is 6.35. The van der Waals surface area contributed by atoms with Crippen LogP contribution < -0.4 is 19.5 Å². The van der Waals surface area contributed by atoms with Crippen LogP contribution in [0.1, 0.15) is 27.9 Å². The molecule has 0 atom stereocenters. The fourth-order valence-electron chi connectivity index (χ4n) is 2.99. The highest BCUT2D eigenvalue weighted by molar-refractivity contribution is 6.07. The predicted octanol–water partition coefficient (Wildman–Crippen LogP) is 2.11. The number of nitrogens with zero attached hydrogens (tertiary/aromatic N) is 5. The number of para-hydroxylation sites is 1. The fraction of sp³-hybridized carbons (Fsp3) is 0.333. The van der Waals surface area contributed by atoms with Gasteiger partial charge < -0.3 is 24.4 Å². The molecule has 2 heterocycles. The van der Waals surface area contributed by atoms with Gasteiger partial charge in [0, 0.05) is 26.8 Å². The van der Waals surface area contributed by atoms with Gasteiger partial charge in [0.15, 0.2) is 23.9 Å². The lowest BCUT2D eigenvalue weighted by Gasteiger charge is -2.14. The molecule has 11 heteroatoms. The van der Waals surface area contributed by atoms with Crippen LogP contribution in [-0.4, -0.2) is 64.6 Å².